The van der Waals surface area contributed by atoms with Gasteiger partial charge in [-0.3, -0.25) is 4.79 Å². The lowest BCUT2D eigenvalue weighted by Gasteiger charge is -2.14. The average Bonchev–Trinajstić information content (AvgIpc) is 2.46. The van der Waals surface area contributed by atoms with Gasteiger partial charge in [-0.1, -0.05) is 23.7 Å². The van der Waals surface area contributed by atoms with E-state index >= 15 is 0 Å². The Hall–Kier alpha value is -2.21. The molecule has 0 aliphatic rings. The number of alkyl halides is 3. The Balaban J connectivity index is 2.06. The first kappa shape index (κ1) is 17.1. The number of amides is 1. The van der Waals surface area contributed by atoms with E-state index in [0.717, 1.165) is 17.7 Å². The monoisotopic (exact) mass is 343 g/mol. The van der Waals surface area contributed by atoms with E-state index in [-0.39, 0.29) is 10.7 Å². The van der Waals surface area contributed by atoms with Crippen molar-refractivity contribution in [2.24, 2.45) is 0 Å². The standard InChI is InChI=1S/C16H13ClF3NO2/c1-10-3-2-4-12(7-10)23-9-15(22)21-14-6-5-11(17)8-13(14)16(18,19)20/h2-8H,9H2,1H3,(H,21,22). The number of hydrogen-bond acceptors (Lipinski definition) is 2. The van der Waals surface area contributed by atoms with Crippen LogP contribution in [0.25, 0.3) is 0 Å². The van der Waals surface area contributed by atoms with Gasteiger partial charge < -0.3 is 10.1 Å². The number of anilines is 1. The molecule has 122 valence electrons. The molecule has 23 heavy (non-hydrogen) atoms. The van der Waals surface area contributed by atoms with Crippen LogP contribution in [0.4, 0.5) is 18.9 Å². The Bertz CT molecular complexity index is 717. The molecule has 7 heteroatoms. The fourth-order valence-electron chi connectivity index (χ4n) is 1.90. The highest BCUT2D eigenvalue weighted by molar-refractivity contribution is 6.30. The zero-order chi connectivity index (χ0) is 17.0. The number of aryl methyl sites for hydroxylation is 1. The summed E-state index contributed by atoms with van der Waals surface area (Å²) in [7, 11) is 0. The number of ether oxygens (including phenoxy) is 1. The minimum atomic E-state index is -4.62. The molecule has 0 atom stereocenters. The fourth-order valence-corrected chi connectivity index (χ4v) is 2.07. The number of rotatable bonds is 4. The van der Waals surface area contributed by atoms with E-state index in [1.807, 2.05) is 13.0 Å². The first-order valence-electron chi connectivity index (χ1n) is 6.62. The average molecular weight is 344 g/mol. The van der Waals surface area contributed by atoms with E-state index < -0.39 is 24.3 Å². The highest BCUT2D eigenvalue weighted by Crippen LogP contribution is 2.36. The summed E-state index contributed by atoms with van der Waals surface area (Å²) in [6, 6.07) is 10.1. The van der Waals surface area contributed by atoms with Gasteiger partial charge in [0.15, 0.2) is 6.61 Å². The van der Waals surface area contributed by atoms with Gasteiger partial charge in [-0.15, -0.1) is 0 Å². The smallest absolute Gasteiger partial charge is 0.418 e. The van der Waals surface area contributed by atoms with Crippen molar-refractivity contribution < 1.29 is 22.7 Å². The van der Waals surface area contributed by atoms with Crippen LogP contribution in [0, 0.1) is 6.92 Å². The summed E-state index contributed by atoms with van der Waals surface area (Å²) in [6.07, 6.45) is -4.62. The molecule has 0 aromatic heterocycles. The summed E-state index contributed by atoms with van der Waals surface area (Å²) in [5.41, 5.74) is -0.423. The largest absolute Gasteiger partial charge is 0.484 e. The number of benzene rings is 2. The molecule has 1 N–H and O–H groups in total. The SMILES string of the molecule is Cc1cccc(OCC(=O)Nc2ccc(Cl)cc2C(F)(F)F)c1. The molecule has 0 aliphatic heterocycles. The summed E-state index contributed by atoms with van der Waals surface area (Å²) in [5, 5.41) is 2.12. The Kier molecular flexibility index (Phi) is 5.15. The van der Waals surface area contributed by atoms with Crippen molar-refractivity contribution in [3.05, 3.63) is 58.6 Å². The minimum absolute atomic E-state index is 0.0636. The summed E-state index contributed by atoms with van der Waals surface area (Å²) < 4.78 is 44.0. The first-order valence-corrected chi connectivity index (χ1v) is 6.99. The van der Waals surface area contributed by atoms with Crippen molar-refractivity contribution in [1.82, 2.24) is 0 Å². The van der Waals surface area contributed by atoms with Gasteiger partial charge in [0, 0.05) is 5.02 Å². The van der Waals surface area contributed by atoms with E-state index in [9.17, 15) is 18.0 Å². The van der Waals surface area contributed by atoms with Gasteiger partial charge in [0.1, 0.15) is 5.75 Å². The van der Waals surface area contributed by atoms with Crippen molar-refractivity contribution in [3.8, 4) is 5.75 Å². The quantitative estimate of drug-likeness (QED) is 0.875. The zero-order valence-electron chi connectivity index (χ0n) is 12.1. The highest BCUT2D eigenvalue weighted by Gasteiger charge is 2.34. The lowest BCUT2D eigenvalue weighted by Crippen LogP contribution is -2.22. The van der Waals surface area contributed by atoms with Gasteiger partial charge >= 0.3 is 6.18 Å². The molecule has 0 heterocycles. The molecule has 0 unspecified atom stereocenters. The minimum Gasteiger partial charge on any atom is -0.484 e. The molecule has 2 aromatic rings. The van der Waals surface area contributed by atoms with Crippen LogP contribution in [0.15, 0.2) is 42.5 Å². The van der Waals surface area contributed by atoms with Crippen LogP contribution in [-0.4, -0.2) is 12.5 Å². The van der Waals surface area contributed by atoms with Crippen LogP contribution in [0.3, 0.4) is 0 Å². The van der Waals surface area contributed by atoms with E-state index in [1.165, 1.54) is 6.07 Å². The van der Waals surface area contributed by atoms with Gasteiger partial charge in [-0.25, -0.2) is 0 Å². The van der Waals surface area contributed by atoms with Crippen LogP contribution in [0.5, 0.6) is 5.75 Å². The Morgan fingerprint density at radius 1 is 1.22 bits per heavy atom. The maximum atomic E-state index is 12.9. The molecule has 0 fully saturated rings. The summed E-state index contributed by atoms with van der Waals surface area (Å²) in [6.45, 7) is 1.46. The predicted molar refractivity (Wildman–Crippen MR) is 81.8 cm³/mol. The zero-order valence-corrected chi connectivity index (χ0v) is 12.8. The molecule has 0 saturated carbocycles. The van der Waals surface area contributed by atoms with Crippen molar-refractivity contribution >= 4 is 23.2 Å². The molecule has 3 nitrogen and oxygen atoms in total. The van der Waals surface area contributed by atoms with E-state index in [0.29, 0.717) is 5.75 Å². The number of carbonyl (C=O) groups excluding carboxylic acids is 1. The van der Waals surface area contributed by atoms with E-state index in [1.54, 1.807) is 18.2 Å². The number of hydrogen-bond donors (Lipinski definition) is 1. The third-order valence-electron chi connectivity index (χ3n) is 2.92. The molecule has 2 rings (SSSR count). The molecular formula is C16H13ClF3NO2. The number of halogens is 4. The Labute approximate surface area is 136 Å². The molecule has 2 aromatic carbocycles. The fraction of sp³-hybridized carbons (Fsp3) is 0.188. The maximum absolute atomic E-state index is 12.9. The summed E-state index contributed by atoms with van der Waals surface area (Å²) in [5.74, 6) is -0.230. The summed E-state index contributed by atoms with van der Waals surface area (Å²) >= 11 is 5.58. The van der Waals surface area contributed by atoms with E-state index in [4.69, 9.17) is 16.3 Å². The van der Waals surface area contributed by atoms with Gasteiger partial charge in [-0.05, 0) is 42.8 Å². The van der Waals surface area contributed by atoms with Crippen LogP contribution in [0.2, 0.25) is 5.02 Å². The van der Waals surface area contributed by atoms with Crippen LogP contribution >= 0.6 is 11.6 Å². The lowest BCUT2D eigenvalue weighted by atomic mass is 10.1. The van der Waals surface area contributed by atoms with Crippen molar-refractivity contribution in [2.75, 3.05) is 11.9 Å². The molecule has 0 radical (unpaired) electrons. The third-order valence-corrected chi connectivity index (χ3v) is 3.16. The van der Waals surface area contributed by atoms with Crippen LogP contribution < -0.4 is 10.1 Å². The van der Waals surface area contributed by atoms with Gasteiger partial charge in [0.25, 0.3) is 5.91 Å². The normalized spacial score (nSPS) is 11.2. The Morgan fingerprint density at radius 2 is 1.96 bits per heavy atom. The molecule has 1 amide bonds. The highest BCUT2D eigenvalue weighted by atomic mass is 35.5. The van der Waals surface area contributed by atoms with Crippen molar-refractivity contribution in [3.63, 3.8) is 0 Å². The van der Waals surface area contributed by atoms with Crippen LogP contribution in [-0.2, 0) is 11.0 Å². The second kappa shape index (κ2) is 6.91. The second-order valence-electron chi connectivity index (χ2n) is 4.84. The van der Waals surface area contributed by atoms with Crippen molar-refractivity contribution in [2.45, 2.75) is 13.1 Å². The lowest BCUT2D eigenvalue weighted by molar-refractivity contribution is -0.137. The molecule has 0 spiro atoms. The number of nitrogens with one attached hydrogen (secondary N) is 1. The van der Waals surface area contributed by atoms with Crippen molar-refractivity contribution in [1.29, 1.82) is 0 Å². The predicted octanol–water partition coefficient (Wildman–Crippen LogP) is 4.68. The number of carbonyl (C=O) groups is 1. The van der Waals surface area contributed by atoms with Gasteiger partial charge in [0.05, 0.1) is 11.3 Å². The molecule has 0 aliphatic carbocycles. The Morgan fingerprint density at radius 3 is 2.61 bits per heavy atom. The second-order valence-corrected chi connectivity index (χ2v) is 5.28. The maximum Gasteiger partial charge on any atom is 0.418 e. The van der Waals surface area contributed by atoms with Gasteiger partial charge in [-0.2, -0.15) is 13.2 Å². The van der Waals surface area contributed by atoms with E-state index in [2.05, 4.69) is 5.32 Å². The van der Waals surface area contributed by atoms with Crippen LogP contribution in [0.1, 0.15) is 11.1 Å². The topological polar surface area (TPSA) is 38.3 Å². The molecular weight excluding hydrogens is 331 g/mol. The molecule has 0 bridgehead atoms. The third kappa shape index (κ3) is 4.89. The first-order chi connectivity index (χ1) is 10.8. The molecule has 0 saturated heterocycles. The van der Waals surface area contributed by atoms with Gasteiger partial charge in [0.2, 0.25) is 0 Å². The summed E-state index contributed by atoms with van der Waals surface area (Å²) in [4.78, 5) is 11.8.